The van der Waals surface area contributed by atoms with Crippen molar-refractivity contribution >= 4 is 17.8 Å². The van der Waals surface area contributed by atoms with E-state index in [9.17, 15) is 4.79 Å². The molecule has 2 amide bonds. The number of nitrogens with one attached hydrogen (secondary N) is 1. The summed E-state index contributed by atoms with van der Waals surface area (Å²) in [6.45, 7) is 7.06. The second kappa shape index (κ2) is 8.90. The highest BCUT2D eigenvalue weighted by atomic mass is 16.5. The molecule has 3 aromatic rings. The molecule has 0 saturated carbocycles. The molecule has 1 aromatic heterocycles. The first-order chi connectivity index (χ1) is 13.6. The first-order valence-electron chi connectivity index (χ1n) is 9.12. The van der Waals surface area contributed by atoms with Gasteiger partial charge in [0.15, 0.2) is 0 Å². The van der Waals surface area contributed by atoms with Gasteiger partial charge in [0, 0.05) is 12.1 Å². The Morgan fingerprint density at radius 1 is 1.25 bits per heavy atom. The lowest BCUT2D eigenvalue weighted by Gasteiger charge is -2.14. The van der Waals surface area contributed by atoms with Crippen molar-refractivity contribution in [2.24, 2.45) is 5.73 Å². The molecular weight excluding hydrogens is 352 g/mol. The minimum absolute atomic E-state index is 0.492. The molecule has 0 aliphatic heterocycles. The van der Waals surface area contributed by atoms with E-state index in [1.165, 1.54) is 0 Å². The van der Waals surface area contributed by atoms with Gasteiger partial charge in [-0.05, 0) is 31.1 Å². The van der Waals surface area contributed by atoms with Crippen LogP contribution in [0.2, 0.25) is 0 Å². The van der Waals surface area contributed by atoms with E-state index >= 15 is 0 Å². The number of carbonyl (C=O) groups excluding carboxylic acids is 1. The fourth-order valence-electron chi connectivity index (χ4n) is 3.06. The lowest BCUT2D eigenvalue weighted by atomic mass is 10.1. The van der Waals surface area contributed by atoms with E-state index in [0.29, 0.717) is 18.0 Å². The first-order valence-corrected chi connectivity index (χ1v) is 9.12. The molecule has 0 aliphatic rings. The highest BCUT2D eigenvalue weighted by Gasteiger charge is 2.11. The molecule has 3 N–H and O–H groups in total. The SMILES string of the molecule is C=Cc1c(-c2ccccc2)ncn1CCCOc1cccc(C)c1NC(N)=O. The van der Waals surface area contributed by atoms with Gasteiger partial charge in [-0.15, -0.1) is 0 Å². The van der Waals surface area contributed by atoms with Crippen LogP contribution in [0.1, 0.15) is 17.7 Å². The Kier molecular flexibility index (Phi) is 6.11. The Labute approximate surface area is 164 Å². The first kappa shape index (κ1) is 19.2. The Balaban J connectivity index is 1.64. The molecule has 2 aromatic carbocycles. The number of carbonyl (C=O) groups is 1. The monoisotopic (exact) mass is 376 g/mol. The second-order valence-corrected chi connectivity index (χ2v) is 6.38. The number of aromatic nitrogens is 2. The summed E-state index contributed by atoms with van der Waals surface area (Å²) in [4.78, 5) is 15.8. The third kappa shape index (κ3) is 4.40. The van der Waals surface area contributed by atoms with E-state index in [1.807, 2.05) is 67.9 Å². The summed E-state index contributed by atoms with van der Waals surface area (Å²) in [5.41, 5.74) is 9.72. The third-order valence-electron chi connectivity index (χ3n) is 4.40. The number of rotatable bonds is 8. The largest absolute Gasteiger partial charge is 0.491 e. The maximum atomic E-state index is 11.2. The number of nitrogens with zero attached hydrogens (tertiary/aromatic N) is 2. The van der Waals surface area contributed by atoms with Gasteiger partial charge in [-0.3, -0.25) is 0 Å². The maximum absolute atomic E-state index is 11.2. The highest BCUT2D eigenvalue weighted by Crippen LogP contribution is 2.28. The molecule has 0 unspecified atom stereocenters. The average molecular weight is 376 g/mol. The topological polar surface area (TPSA) is 82.2 Å². The van der Waals surface area contributed by atoms with Crippen LogP contribution < -0.4 is 15.8 Å². The molecular formula is C22H24N4O2. The van der Waals surface area contributed by atoms with E-state index in [2.05, 4.69) is 21.4 Å². The number of nitrogens with two attached hydrogens (primary N) is 1. The minimum Gasteiger partial charge on any atom is -0.491 e. The zero-order valence-corrected chi connectivity index (χ0v) is 15.9. The summed E-state index contributed by atoms with van der Waals surface area (Å²) < 4.78 is 7.94. The molecule has 0 radical (unpaired) electrons. The fraction of sp³-hybridized carbons (Fsp3) is 0.182. The van der Waals surface area contributed by atoms with Crippen LogP contribution >= 0.6 is 0 Å². The normalized spacial score (nSPS) is 10.5. The van der Waals surface area contributed by atoms with Crippen molar-refractivity contribution in [3.05, 3.63) is 72.7 Å². The lowest BCUT2D eigenvalue weighted by Crippen LogP contribution is -2.20. The van der Waals surface area contributed by atoms with Gasteiger partial charge in [-0.25, -0.2) is 9.78 Å². The number of aryl methyl sites for hydroxylation is 2. The molecule has 144 valence electrons. The standard InChI is InChI=1S/C22H24N4O2/c1-3-18-21(17-10-5-4-6-11-17)24-15-26(18)13-8-14-28-19-12-7-9-16(2)20(19)25-22(23)27/h3-7,9-12,15H,1,8,13-14H2,2H3,(H3,23,25,27). The predicted molar refractivity (Wildman–Crippen MR) is 112 cm³/mol. The van der Waals surface area contributed by atoms with E-state index in [0.717, 1.165) is 35.5 Å². The third-order valence-corrected chi connectivity index (χ3v) is 4.40. The molecule has 6 nitrogen and oxygen atoms in total. The maximum Gasteiger partial charge on any atom is 0.316 e. The van der Waals surface area contributed by atoms with Crippen LogP contribution in [-0.2, 0) is 6.54 Å². The van der Waals surface area contributed by atoms with Crippen molar-refractivity contribution in [1.82, 2.24) is 9.55 Å². The van der Waals surface area contributed by atoms with Crippen molar-refractivity contribution in [1.29, 1.82) is 0 Å². The molecule has 3 rings (SSSR count). The Morgan fingerprint density at radius 2 is 2.04 bits per heavy atom. The van der Waals surface area contributed by atoms with Gasteiger partial charge in [-0.1, -0.05) is 49.0 Å². The summed E-state index contributed by atoms with van der Waals surface area (Å²) >= 11 is 0. The number of imidazole rings is 1. The summed E-state index contributed by atoms with van der Waals surface area (Å²) in [6.07, 6.45) is 4.42. The Bertz CT molecular complexity index is 964. The van der Waals surface area contributed by atoms with Gasteiger partial charge >= 0.3 is 6.03 Å². The van der Waals surface area contributed by atoms with E-state index in [-0.39, 0.29) is 0 Å². The van der Waals surface area contributed by atoms with Crippen LogP contribution in [0.15, 0.2) is 61.4 Å². The van der Waals surface area contributed by atoms with Gasteiger partial charge in [0.1, 0.15) is 5.75 Å². The van der Waals surface area contributed by atoms with Crippen molar-refractivity contribution in [2.75, 3.05) is 11.9 Å². The lowest BCUT2D eigenvalue weighted by molar-refractivity contribution is 0.259. The second-order valence-electron chi connectivity index (χ2n) is 6.38. The smallest absolute Gasteiger partial charge is 0.316 e. The predicted octanol–water partition coefficient (Wildman–Crippen LogP) is 4.46. The van der Waals surface area contributed by atoms with Crippen molar-refractivity contribution in [3.8, 4) is 17.0 Å². The number of urea groups is 1. The van der Waals surface area contributed by atoms with Gasteiger partial charge in [0.2, 0.25) is 0 Å². The molecule has 1 heterocycles. The summed E-state index contributed by atoms with van der Waals surface area (Å²) in [7, 11) is 0. The van der Waals surface area contributed by atoms with Gasteiger partial charge in [-0.2, -0.15) is 0 Å². The molecule has 0 aliphatic carbocycles. The number of para-hydroxylation sites is 1. The number of anilines is 1. The summed E-state index contributed by atoms with van der Waals surface area (Å²) in [6, 6.07) is 15.0. The zero-order chi connectivity index (χ0) is 19.9. The fourth-order valence-corrected chi connectivity index (χ4v) is 3.06. The van der Waals surface area contributed by atoms with Crippen molar-refractivity contribution in [3.63, 3.8) is 0 Å². The van der Waals surface area contributed by atoms with Crippen LogP contribution in [0.5, 0.6) is 5.75 Å². The molecule has 6 heteroatoms. The van der Waals surface area contributed by atoms with Gasteiger partial charge in [0.25, 0.3) is 0 Å². The van der Waals surface area contributed by atoms with Gasteiger partial charge < -0.3 is 20.4 Å². The number of benzene rings is 2. The van der Waals surface area contributed by atoms with E-state index < -0.39 is 6.03 Å². The Hall–Kier alpha value is -3.54. The number of amides is 2. The van der Waals surface area contributed by atoms with Crippen molar-refractivity contribution < 1.29 is 9.53 Å². The van der Waals surface area contributed by atoms with E-state index in [4.69, 9.17) is 10.5 Å². The molecule has 28 heavy (non-hydrogen) atoms. The highest BCUT2D eigenvalue weighted by molar-refractivity contribution is 5.90. The molecule has 0 spiro atoms. The summed E-state index contributed by atoms with van der Waals surface area (Å²) in [5.74, 6) is 0.610. The number of primary amides is 1. The van der Waals surface area contributed by atoms with Crippen LogP contribution in [-0.4, -0.2) is 22.2 Å². The number of hydrogen-bond acceptors (Lipinski definition) is 3. The van der Waals surface area contributed by atoms with Crippen LogP contribution in [0.4, 0.5) is 10.5 Å². The molecule has 0 fully saturated rings. The van der Waals surface area contributed by atoms with Crippen LogP contribution in [0, 0.1) is 6.92 Å². The molecule has 0 atom stereocenters. The molecule has 0 bridgehead atoms. The number of ether oxygens (including phenoxy) is 1. The molecule has 0 saturated heterocycles. The average Bonchev–Trinajstić information content (AvgIpc) is 3.11. The van der Waals surface area contributed by atoms with Crippen LogP contribution in [0.3, 0.4) is 0 Å². The minimum atomic E-state index is -0.610. The zero-order valence-electron chi connectivity index (χ0n) is 15.9. The number of hydrogen-bond donors (Lipinski definition) is 2. The summed E-state index contributed by atoms with van der Waals surface area (Å²) in [5, 5.41) is 2.63. The van der Waals surface area contributed by atoms with Crippen LogP contribution in [0.25, 0.3) is 17.3 Å². The Morgan fingerprint density at radius 3 is 2.75 bits per heavy atom. The van der Waals surface area contributed by atoms with Gasteiger partial charge in [0.05, 0.1) is 30.0 Å². The quantitative estimate of drug-likeness (QED) is 0.569. The van der Waals surface area contributed by atoms with Crippen molar-refractivity contribution in [2.45, 2.75) is 19.9 Å². The van der Waals surface area contributed by atoms with E-state index in [1.54, 1.807) is 0 Å².